The number of rotatable bonds is 2. The van der Waals surface area contributed by atoms with E-state index in [1.54, 1.807) is 42.7 Å². The predicted molar refractivity (Wildman–Crippen MR) is 72.1 cm³/mol. The molecule has 2 aromatic rings. The van der Waals surface area contributed by atoms with Crippen LogP contribution in [0.4, 0.5) is 5.69 Å². The van der Waals surface area contributed by atoms with Gasteiger partial charge in [0, 0.05) is 21.7 Å². The highest BCUT2D eigenvalue weighted by atomic mass is 32.3. The third kappa shape index (κ3) is 2.09. The molecule has 4 heteroatoms. The number of benzene rings is 2. The van der Waals surface area contributed by atoms with E-state index in [4.69, 9.17) is 10.9 Å². The van der Waals surface area contributed by atoms with Crippen LogP contribution in [0.25, 0.3) is 0 Å². The number of hydrogen-bond acceptors (Lipinski definition) is 2. The van der Waals surface area contributed by atoms with Gasteiger partial charge in [0.15, 0.2) is 0 Å². The molecule has 0 aromatic heterocycles. The highest BCUT2D eigenvalue weighted by Crippen LogP contribution is 2.34. The summed E-state index contributed by atoms with van der Waals surface area (Å²) >= 11 is 0. The molecule has 0 unspecified atom stereocenters. The highest BCUT2D eigenvalue weighted by Gasteiger charge is 2.30. The van der Waals surface area contributed by atoms with E-state index in [1.165, 1.54) is 0 Å². The van der Waals surface area contributed by atoms with E-state index in [2.05, 4.69) is 0 Å². The van der Waals surface area contributed by atoms with Gasteiger partial charge in [-0.2, -0.15) is 0 Å². The van der Waals surface area contributed by atoms with Crippen molar-refractivity contribution in [1.29, 1.82) is 0 Å². The Bertz CT molecular complexity index is 585. The van der Waals surface area contributed by atoms with Gasteiger partial charge in [-0.15, -0.1) is 0 Å². The van der Waals surface area contributed by atoms with Gasteiger partial charge in [0.1, 0.15) is 0 Å². The van der Waals surface area contributed by atoms with Crippen LogP contribution in [0.2, 0.25) is 0 Å². The normalized spacial score (nSPS) is 13.9. The molecule has 0 radical (unpaired) electrons. The molecule has 3 nitrogen and oxygen atoms in total. The molecule has 0 amide bonds. The van der Waals surface area contributed by atoms with E-state index < -0.39 is 9.25 Å². The molecule has 0 saturated heterocycles. The standard InChI is InChI=1S/C13H16N2OS/c1-17(15,16,12-5-3-2-4-6-12)13-9-7-11(14)8-10-13/h2-10H,14H2,1H3,(H2,15,16). The maximum Gasteiger partial charge on any atom is 0.0336 e. The zero-order valence-corrected chi connectivity index (χ0v) is 10.5. The van der Waals surface area contributed by atoms with Crippen LogP contribution in [-0.2, 0) is 9.25 Å². The van der Waals surface area contributed by atoms with Crippen molar-refractivity contribution in [2.45, 2.75) is 9.79 Å². The summed E-state index contributed by atoms with van der Waals surface area (Å²) in [7, 11) is -3.49. The molecule has 4 N–H and O–H groups in total. The van der Waals surface area contributed by atoms with Crippen LogP contribution in [0.3, 0.4) is 0 Å². The molecule has 0 atom stereocenters. The SMILES string of the molecule is CS(N)(=O)(c1ccccc1)c1ccc(N)cc1. The van der Waals surface area contributed by atoms with E-state index in [1.807, 2.05) is 18.2 Å². The zero-order valence-electron chi connectivity index (χ0n) is 9.67. The van der Waals surface area contributed by atoms with Crippen LogP contribution >= 0.6 is 0 Å². The largest absolute Gasteiger partial charge is 0.399 e. The van der Waals surface area contributed by atoms with E-state index in [0.29, 0.717) is 15.5 Å². The summed E-state index contributed by atoms with van der Waals surface area (Å²) in [6.45, 7) is 0. The molecule has 2 aromatic carbocycles. The molecule has 0 saturated carbocycles. The van der Waals surface area contributed by atoms with Crippen molar-refractivity contribution >= 4 is 14.9 Å². The Labute approximate surface area is 101 Å². The van der Waals surface area contributed by atoms with Gasteiger partial charge < -0.3 is 5.73 Å². The minimum atomic E-state index is -3.49. The third-order valence-corrected chi connectivity index (χ3v) is 5.68. The second kappa shape index (κ2) is 3.68. The summed E-state index contributed by atoms with van der Waals surface area (Å²) in [6, 6.07) is 16.0. The lowest BCUT2D eigenvalue weighted by Crippen LogP contribution is -2.41. The Hall–Kier alpha value is -1.65. The molecular formula is C13H16N2OS. The zero-order chi connectivity index (χ0) is 12.5. The lowest BCUT2D eigenvalue weighted by Gasteiger charge is -2.34. The summed E-state index contributed by atoms with van der Waals surface area (Å²) in [4.78, 5) is 1.23. The number of hydrogen-bond donors (Lipinski definition) is 2. The maximum absolute atomic E-state index is 13.0. The molecule has 0 fully saturated rings. The van der Waals surface area contributed by atoms with Gasteiger partial charge in [0.2, 0.25) is 0 Å². The van der Waals surface area contributed by atoms with Crippen molar-refractivity contribution in [3.8, 4) is 0 Å². The number of anilines is 1. The van der Waals surface area contributed by atoms with E-state index in [9.17, 15) is 4.21 Å². The van der Waals surface area contributed by atoms with Gasteiger partial charge >= 0.3 is 0 Å². The quantitative estimate of drug-likeness (QED) is 0.798. The van der Waals surface area contributed by atoms with Crippen molar-refractivity contribution < 1.29 is 4.21 Å². The molecule has 0 aliphatic carbocycles. The molecular weight excluding hydrogens is 232 g/mol. The minimum Gasteiger partial charge on any atom is -0.399 e. The van der Waals surface area contributed by atoms with Crippen LogP contribution in [0.1, 0.15) is 0 Å². The molecule has 17 heavy (non-hydrogen) atoms. The van der Waals surface area contributed by atoms with Crippen molar-refractivity contribution in [1.82, 2.24) is 0 Å². The van der Waals surface area contributed by atoms with Crippen LogP contribution in [0.5, 0.6) is 0 Å². The number of nitrogen functional groups attached to an aromatic ring is 1. The van der Waals surface area contributed by atoms with Gasteiger partial charge in [-0.1, -0.05) is 18.2 Å². The molecule has 0 bridgehead atoms. The Balaban J connectivity index is 2.62. The van der Waals surface area contributed by atoms with E-state index >= 15 is 0 Å². The smallest absolute Gasteiger partial charge is 0.0336 e. The summed E-state index contributed by atoms with van der Waals surface area (Å²) in [5, 5.41) is 6.16. The van der Waals surface area contributed by atoms with Crippen LogP contribution in [-0.4, -0.2) is 10.5 Å². The van der Waals surface area contributed by atoms with Crippen molar-refractivity contribution in [2.24, 2.45) is 5.14 Å². The average molecular weight is 248 g/mol. The molecule has 2 rings (SSSR count). The van der Waals surface area contributed by atoms with Crippen molar-refractivity contribution in [3.05, 3.63) is 54.6 Å². The van der Waals surface area contributed by atoms with Crippen LogP contribution in [0, 0.1) is 0 Å². The minimum absolute atomic E-state index is 0.599. The summed E-state index contributed by atoms with van der Waals surface area (Å²) in [6.07, 6.45) is 1.58. The Morgan fingerprint density at radius 3 is 1.88 bits per heavy atom. The molecule has 0 heterocycles. The second-order valence-corrected chi connectivity index (χ2v) is 8.06. The Morgan fingerprint density at radius 2 is 1.35 bits per heavy atom. The topological polar surface area (TPSA) is 69.1 Å². The number of nitrogens with two attached hydrogens (primary N) is 2. The molecule has 0 aliphatic heterocycles. The average Bonchev–Trinajstić information content (AvgIpc) is 2.30. The Morgan fingerprint density at radius 1 is 0.882 bits per heavy atom. The van der Waals surface area contributed by atoms with Gasteiger partial charge in [0.05, 0.1) is 0 Å². The van der Waals surface area contributed by atoms with Crippen molar-refractivity contribution in [2.75, 3.05) is 12.0 Å². The van der Waals surface area contributed by atoms with Gasteiger partial charge in [-0.3, -0.25) is 9.35 Å². The van der Waals surface area contributed by atoms with Gasteiger partial charge in [-0.05, 0) is 45.7 Å². The monoisotopic (exact) mass is 248 g/mol. The van der Waals surface area contributed by atoms with Gasteiger partial charge in [0.25, 0.3) is 0 Å². The summed E-state index contributed by atoms with van der Waals surface area (Å²) in [5.74, 6) is 0. The summed E-state index contributed by atoms with van der Waals surface area (Å²) in [5.41, 5.74) is 6.25. The van der Waals surface area contributed by atoms with Crippen LogP contribution in [0.15, 0.2) is 64.4 Å². The first-order valence-corrected chi connectivity index (χ1v) is 7.68. The first-order chi connectivity index (χ1) is 7.88. The van der Waals surface area contributed by atoms with Crippen LogP contribution < -0.4 is 10.9 Å². The maximum atomic E-state index is 13.0. The summed E-state index contributed by atoms with van der Waals surface area (Å²) < 4.78 is 13.0. The Kier molecular flexibility index (Phi) is 2.56. The fourth-order valence-electron chi connectivity index (χ4n) is 1.70. The van der Waals surface area contributed by atoms with E-state index in [-0.39, 0.29) is 0 Å². The molecule has 0 aliphatic rings. The molecule has 0 spiro atoms. The molecule has 90 valence electrons. The van der Waals surface area contributed by atoms with E-state index in [0.717, 1.165) is 0 Å². The second-order valence-electron chi connectivity index (χ2n) is 4.29. The fraction of sp³-hybridized carbons (Fsp3) is 0.0769. The highest BCUT2D eigenvalue weighted by molar-refractivity contribution is 8.17. The fourth-order valence-corrected chi connectivity index (χ4v) is 3.62. The van der Waals surface area contributed by atoms with Gasteiger partial charge in [-0.25, -0.2) is 0 Å². The third-order valence-electron chi connectivity index (χ3n) is 2.80. The first kappa shape index (κ1) is 11.8. The lowest BCUT2D eigenvalue weighted by molar-refractivity contribution is 0.660. The first-order valence-electron chi connectivity index (χ1n) is 5.24. The predicted octanol–water partition coefficient (Wildman–Crippen LogP) is 2.01. The lowest BCUT2D eigenvalue weighted by atomic mass is 10.3. The van der Waals surface area contributed by atoms with Crippen molar-refractivity contribution in [3.63, 3.8) is 0 Å².